The van der Waals surface area contributed by atoms with E-state index >= 15 is 0 Å². The Morgan fingerprint density at radius 2 is 2.00 bits per heavy atom. The van der Waals surface area contributed by atoms with Crippen molar-refractivity contribution in [3.63, 3.8) is 0 Å². The van der Waals surface area contributed by atoms with Gasteiger partial charge in [-0.05, 0) is 0 Å². The summed E-state index contributed by atoms with van der Waals surface area (Å²) in [5.74, 6) is 0. The monoisotopic (exact) mass is 154 g/mol. The highest BCUT2D eigenvalue weighted by Gasteiger charge is 2.24. The molecule has 0 aromatic carbocycles. The van der Waals surface area contributed by atoms with E-state index in [9.17, 15) is 0 Å². The van der Waals surface area contributed by atoms with E-state index in [0.29, 0.717) is 6.54 Å². The molecule has 1 aliphatic rings. The highest BCUT2D eigenvalue weighted by atomic mass is 35.5. The number of hydrogen-bond donors (Lipinski definition) is 2. The van der Waals surface area contributed by atoms with Crippen LogP contribution in [-0.2, 0) is 0 Å². The fourth-order valence-corrected chi connectivity index (χ4v) is 1.02. The van der Waals surface area contributed by atoms with E-state index in [2.05, 4.69) is 10.6 Å². The third-order valence-corrected chi connectivity index (χ3v) is 1.57. The zero-order valence-electron chi connectivity index (χ0n) is 4.38. The molecule has 0 saturated carbocycles. The van der Waals surface area contributed by atoms with Gasteiger partial charge in [-0.1, -0.05) is 23.2 Å². The molecule has 2 nitrogen and oxygen atoms in total. The molecule has 0 aromatic heterocycles. The number of halogens is 2. The van der Waals surface area contributed by atoms with Gasteiger partial charge in [0.15, 0.2) is 4.46 Å². The van der Waals surface area contributed by atoms with Gasteiger partial charge >= 0.3 is 0 Å². The van der Waals surface area contributed by atoms with Gasteiger partial charge in [-0.25, -0.2) is 0 Å². The lowest BCUT2D eigenvalue weighted by Gasteiger charge is -2.26. The summed E-state index contributed by atoms with van der Waals surface area (Å²) in [6.07, 6.45) is 0. The summed E-state index contributed by atoms with van der Waals surface area (Å²) < 4.78 is -0.738. The van der Waals surface area contributed by atoms with Gasteiger partial charge in [0.1, 0.15) is 0 Å². The molecule has 0 bridgehead atoms. The van der Waals surface area contributed by atoms with Gasteiger partial charge in [0.25, 0.3) is 0 Å². The molecule has 0 spiro atoms. The smallest absolute Gasteiger partial charge is 0.181 e. The summed E-state index contributed by atoms with van der Waals surface area (Å²) >= 11 is 11.3. The van der Waals surface area contributed by atoms with E-state index in [1.807, 2.05) is 0 Å². The number of nitrogens with one attached hydrogen (secondary N) is 2. The van der Waals surface area contributed by atoms with Gasteiger partial charge in [-0.3, -0.25) is 5.32 Å². The van der Waals surface area contributed by atoms with Gasteiger partial charge in [0, 0.05) is 19.6 Å². The van der Waals surface area contributed by atoms with Crippen LogP contribution >= 0.6 is 23.2 Å². The lowest BCUT2D eigenvalue weighted by molar-refractivity contribution is 0.467. The van der Waals surface area contributed by atoms with Crippen LogP contribution in [0.3, 0.4) is 0 Å². The Hall–Kier alpha value is 0.500. The Labute approximate surface area is 58.5 Å². The molecule has 1 rings (SSSR count). The maximum absolute atomic E-state index is 5.66. The van der Waals surface area contributed by atoms with Crippen LogP contribution in [0.2, 0.25) is 0 Å². The molecule has 2 N–H and O–H groups in total. The molecular formula is C4H8Cl2N2. The van der Waals surface area contributed by atoms with Crippen LogP contribution in [0.1, 0.15) is 0 Å². The molecule has 1 saturated heterocycles. The molecule has 8 heavy (non-hydrogen) atoms. The fourth-order valence-electron chi connectivity index (χ4n) is 0.642. The van der Waals surface area contributed by atoms with Crippen molar-refractivity contribution in [2.45, 2.75) is 4.46 Å². The topological polar surface area (TPSA) is 24.1 Å². The average Bonchev–Trinajstić information content (AvgIpc) is 1.65. The van der Waals surface area contributed by atoms with E-state index in [4.69, 9.17) is 23.2 Å². The first-order valence-corrected chi connectivity index (χ1v) is 3.30. The van der Waals surface area contributed by atoms with Gasteiger partial charge in [-0.15, -0.1) is 0 Å². The maximum atomic E-state index is 5.66. The van der Waals surface area contributed by atoms with E-state index in [0.717, 1.165) is 13.1 Å². The van der Waals surface area contributed by atoms with E-state index in [1.165, 1.54) is 0 Å². The van der Waals surface area contributed by atoms with Crippen molar-refractivity contribution in [3.05, 3.63) is 0 Å². The SMILES string of the molecule is ClC1(Cl)CNCCN1. The van der Waals surface area contributed by atoms with Crippen LogP contribution in [0, 0.1) is 0 Å². The molecule has 48 valence electrons. The van der Waals surface area contributed by atoms with Crippen molar-refractivity contribution in [1.29, 1.82) is 0 Å². The second-order valence-electron chi connectivity index (χ2n) is 1.81. The molecule has 0 amide bonds. The molecular weight excluding hydrogens is 147 g/mol. The van der Waals surface area contributed by atoms with Crippen LogP contribution in [0.4, 0.5) is 0 Å². The van der Waals surface area contributed by atoms with Crippen LogP contribution in [0.25, 0.3) is 0 Å². The van der Waals surface area contributed by atoms with Gasteiger partial charge < -0.3 is 5.32 Å². The van der Waals surface area contributed by atoms with Crippen LogP contribution in [0.5, 0.6) is 0 Å². The largest absolute Gasteiger partial charge is 0.311 e. The quantitative estimate of drug-likeness (QED) is 0.388. The van der Waals surface area contributed by atoms with E-state index < -0.39 is 4.46 Å². The first-order chi connectivity index (χ1) is 3.71. The highest BCUT2D eigenvalue weighted by Crippen LogP contribution is 2.16. The van der Waals surface area contributed by atoms with Crippen LogP contribution in [0.15, 0.2) is 0 Å². The van der Waals surface area contributed by atoms with Gasteiger partial charge in [-0.2, -0.15) is 0 Å². The van der Waals surface area contributed by atoms with Crippen molar-refractivity contribution < 1.29 is 0 Å². The van der Waals surface area contributed by atoms with Crippen molar-refractivity contribution >= 4 is 23.2 Å². The number of hydrogen-bond acceptors (Lipinski definition) is 2. The van der Waals surface area contributed by atoms with Crippen molar-refractivity contribution in [2.75, 3.05) is 19.6 Å². The van der Waals surface area contributed by atoms with Crippen LogP contribution < -0.4 is 10.6 Å². The summed E-state index contributed by atoms with van der Waals surface area (Å²) in [6.45, 7) is 2.41. The minimum absolute atomic E-state index is 0.621. The molecule has 0 atom stereocenters. The van der Waals surface area contributed by atoms with Crippen molar-refractivity contribution in [3.8, 4) is 0 Å². The highest BCUT2D eigenvalue weighted by molar-refractivity contribution is 6.48. The molecule has 1 fully saturated rings. The zero-order valence-corrected chi connectivity index (χ0v) is 5.89. The summed E-state index contributed by atoms with van der Waals surface area (Å²) in [7, 11) is 0. The maximum Gasteiger partial charge on any atom is 0.181 e. The third-order valence-electron chi connectivity index (χ3n) is 1.03. The number of piperazine rings is 1. The second-order valence-corrected chi connectivity index (χ2v) is 3.29. The number of alkyl halides is 2. The second kappa shape index (κ2) is 2.40. The van der Waals surface area contributed by atoms with E-state index in [-0.39, 0.29) is 0 Å². The van der Waals surface area contributed by atoms with Crippen molar-refractivity contribution in [2.24, 2.45) is 0 Å². The lowest BCUT2D eigenvalue weighted by Crippen LogP contribution is -2.51. The van der Waals surface area contributed by atoms with Crippen molar-refractivity contribution in [1.82, 2.24) is 10.6 Å². The Kier molecular flexibility index (Phi) is 1.98. The molecule has 1 heterocycles. The Morgan fingerprint density at radius 3 is 2.25 bits per heavy atom. The number of rotatable bonds is 0. The fraction of sp³-hybridized carbons (Fsp3) is 1.00. The van der Waals surface area contributed by atoms with Crippen LogP contribution in [-0.4, -0.2) is 24.1 Å². The zero-order chi connectivity index (χ0) is 6.04. The summed E-state index contributed by atoms with van der Waals surface area (Å²) in [6, 6.07) is 0. The Bertz CT molecular complexity index is 76.1. The summed E-state index contributed by atoms with van der Waals surface area (Å²) in [4.78, 5) is 0. The third kappa shape index (κ3) is 1.78. The van der Waals surface area contributed by atoms with Gasteiger partial charge in [0.2, 0.25) is 0 Å². The molecule has 0 radical (unpaired) electrons. The standard InChI is InChI=1S/C4H8Cl2N2/c5-4(6)3-7-1-2-8-4/h7-8H,1-3H2. The first-order valence-electron chi connectivity index (χ1n) is 2.54. The predicted octanol–water partition coefficient (Wildman–Crippen LogP) is 0.311. The Morgan fingerprint density at radius 1 is 1.25 bits per heavy atom. The molecule has 0 aliphatic carbocycles. The summed E-state index contributed by atoms with van der Waals surface area (Å²) in [5.41, 5.74) is 0. The lowest BCUT2D eigenvalue weighted by atomic mass is 10.4. The molecule has 1 aliphatic heterocycles. The van der Waals surface area contributed by atoms with Gasteiger partial charge in [0.05, 0.1) is 0 Å². The molecule has 0 unspecified atom stereocenters. The predicted molar refractivity (Wildman–Crippen MR) is 35.3 cm³/mol. The molecule has 0 aromatic rings. The Balaban J connectivity index is 2.33. The minimum atomic E-state index is -0.738. The summed E-state index contributed by atoms with van der Waals surface area (Å²) in [5, 5.41) is 5.98. The van der Waals surface area contributed by atoms with E-state index in [1.54, 1.807) is 0 Å². The minimum Gasteiger partial charge on any atom is -0.311 e. The molecule has 4 heteroatoms. The normalized spacial score (nSPS) is 27.8. The first kappa shape index (κ1) is 6.62. The average molecular weight is 155 g/mol.